The molecule has 9 fully saturated rings. The van der Waals surface area contributed by atoms with Gasteiger partial charge in [-0.05, 0) is 99.7 Å². The summed E-state index contributed by atoms with van der Waals surface area (Å²) >= 11 is 0. The minimum Gasteiger partial charge on any atom is -0.506 e. The summed E-state index contributed by atoms with van der Waals surface area (Å²) in [6.07, 6.45) is 28.7. The van der Waals surface area contributed by atoms with Crippen LogP contribution in [-0.2, 0) is 83.1 Å². The minimum absolute atomic E-state index is 0.00143. The molecule has 42 heteroatoms. The maximum Gasteiger partial charge on any atom is 0.143 e. The second-order valence-electron chi connectivity index (χ2n) is 33.4. The zero-order valence-corrected chi connectivity index (χ0v) is 79.8. The summed E-state index contributed by atoms with van der Waals surface area (Å²) in [6, 6.07) is 0.576. The highest BCUT2D eigenvalue weighted by atomic mass is 16.5. The topological polar surface area (TPSA) is 606 Å². The Morgan fingerprint density at radius 2 is 0.453 bits per heavy atom. The van der Waals surface area contributed by atoms with Gasteiger partial charge in [-0.1, -0.05) is 0 Å². The summed E-state index contributed by atoms with van der Waals surface area (Å²) in [4.78, 5) is 36.0. The van der Waals surface area contributed by atoms with Crippen LogP contribution in [0.2, 0.25) is 0 Å². The van der Waals surface area contributed by atoms with Crippen molar-refractivity contribution in [1.82, 2.24) is 125 Å². The third-order valence-corrected chi connectivity index (χ3v) is 24.1. The molecule has 0 aliphatic carbocycles. The van der Waals surface area contributed by atoms with E-state index in [0.717, 1.165) is 209 Å². The van der Waals surface area contributed by atoms with Gasteiger partial charge in [0.05, 0.1) is 150 Å². The van der Waals surface area contributed by atoms with Gasteiger partial charge < -0.3 is 106 Å². The van der Waals surface area contributed by atoms with E-state index in [9.17, 15) is 56.2 Å². The van der Waals surface area contributed by atoms with Crippen molar-refractivity contribution in [3.63, 3.8) is 0 Å². The van der Waals surface area contributed by atoms with Crippen LogP contribution in [0.25, 0.3) is 0 Å². The second-order valence-corrected chi connectivity index (χ2v) is 33.4. The number of nitrogens with zero attached hydrogens (tertiary/aromatic N) is 9. The Morgan fingerprint density at radius 1 is 0.248 bits per heavy atom. The molecule has 0 radical (unpaired) electrons. The monoisotopic (exact) mass is 1910 g/mol. The predicted molar refractivity (Wildman–Crippen MR) is 511 cm³/mol. The van der Waals surface area contributed by atoms with E-state index in [1.165, 1.54) is 31.0 Å². The largest absolute Gasteiger partial charge is 0.506 e. The van der Waals surface area contributed by atoms with Crippen molar-refractivity contribution in [2.75, 3.05) is 133 Å². The molecule has 0 saturated carbocycles. The zero-order valence-electron chi connectivity index (χ0n) is 79.8. The number of methoxy groups -OCH3 is 3. The molecule has 9 aromatic rings. The fraction of sp³-hybridized carbons (Fsp3) is 0.526. The standard InChI is InChI=1S/C12H19N3O2.2C11H17N3O2.2C11H16N2O2.2C10H15N3O2.C10H14N2O2.C9H13N3O2/c1-3-17-7-9-6-15-8(2)11(16)10(9)12-13-4-5-14-12;1-7-10(15)9(11-12-3-4-13-11)8(5-14-7)6-16-2;1-2-16-7-8-5-12-6-9(15)10(8)11-13-3-4-14-11;1-15-7-8-5-12-6-10(14)11(8)9-3-2-4-13-9;1-7-11(15)10(8(6-14)5-13-7)9-3-2-4-12-9;1-15-6-7-4-11-5-8(14)9(7)10-12-2-3-13-10;1-6-9(15)8(7(5-14)4-13-6)10-11-2-3-12-10;13-6-7-4-11-5-9(14)10(7)8-2-1-3-12-8;13-5-6-3-10-4-7(14)8(6)9-11-1-2-12-9/h6,12-14,16H,3-5,7H2,1-2H3;5,11-13,15H,3-4,6H2,1-2H3;5-6,11,13-15H,2-4,7H2,1H3;5-6,9,13-14H,2-4,7H2,1H3;5,9,12,14-15H,2-4,6H2,1H3;4-5,10,12-14H,2-3,6H2,1H3;4,10-12,14-15H,2-3,5H2,1H3;4-5,8,12-14H,1-3,6H2;3-4,9,11-14H,1-2,5H2. The SMILES string of the molecule is CCOCc1cnc(C)c(O)c1C1NCCN1.CCOCc1cncc(O)c1C1NCCN1.COCc1cnc(C)c(O)c1C1NCCN1.COCc1cncc(O)c1C1CCCN1.COCc1cncc(O)c1C1NCCN1.Cc1ncc(CO)c(C2CCCN2)c1O.Cc1ncc(CO)c(C2NCCN2)c1O.OCc1cncc(O)c1C1CCCN1.OCc1cncc(O)c1C1NCCN1. The Morgan fingerprint density at radius 3 is 0.737 bits per heavy atom. The number of hydrogen-bond acceptors (Lipinski definition) is 42. The van der Waals surface area contributed by atoms with Gasteiger partial charge in [-0.15, -0.1) is 0 Å². The highest BCUT2D eigenvalue weighted by Gasteiger charge is 2.32. The van der Waals surface area contributed by atoms with E-state index in [1.54, 1.807) is 105 Å². The number of aromatic nitrogens is 9. The minimum atomic E-state index is -0.115. The summed E-state index contributed by atoms with van der Waals surface area (Å²) in [6.45, 7) is 27.9. The van der Waals surface area contributed by atoms with Gasteiger partial charge in [0.25, 0.3) is 0 Å². The van der Waals surface area contributed by atoms with Crippen molar-refractivity contribution in [3.05, 3.63) is 210 Å². The van der Waals surface area contributed by atoms with Crippen molar-refractivity contribution < 1.29 is 90.1 Å². The molecule has 0 bridgehead atoms. The molecule has 18 rings (SSSR count). The number of aliphatic hydroxyl groups is 4. The number of rotatable bonds is 25. The van der Waals surface area contributed by atoms with E-state index in [1.807, 2.05) is 13.8 Å². The number of hydrogen-bond donors (Lipinski definition) is 28. The van der Waals surface area contributed by atoms with Gasteiger partial charge in [-0.3, -0.25) is 109 Å². The summed E-state index contributed by atoms with van der Waals surface area (Å²) in [5.41, 5.74) is 17.3. The molecule has 137 heavy (non-hydrogen) atoms. The third kappa shape index (κ3) is 30.3. The Labute approximate surface area is 799 Å². The average Bonchev–Trinajstić information content (AvgIpc) is 1.79. The van der Waals surface area contributed by atoms with Crippen LogP contribution < -0.4 is 79.8 Å². The van der Waals surface area contributed by atoms with Gasteiger partial charge in [0, 0.05) is 287 Å². The number of pyridine rings is 9. The van der Waals surface area contributed by atoms with E-state index in [-0.39, 0.29) is 133 Å². The third-order valence-electron chi connectivity index (χ3n) is 24.1. The van der Waals surface area contributed by atoms with Crippen molar-refractivity contribution in [3.8, 4) is 51.7 Å². The van der Waals surface area contributed by atoms with Gasteiger partial charge in [0.15, 0.2) is 0 Å². The van der Waals surface area contributed by atoms with Crippen LogP contribution >= 0.6 is 0 Å². The molecule has 3 unspecified atom stereocenters. The van der Waals surface area contributed by atoms with E-state index in [4.69, 9.17) is 33.9 Å². The van der Waals surface area contributed by atoms with Crippen molar-refractivity contribution in [1.29, 1.82) is 0 Å². The lowest BCUT2D eigenvalue weighted by atomic mass is 9.99. The van der Waals surface area contributed by atoms with Crippen molar-refractivity contribution in [2.45, 2.75) is 195 Å². The summed E-state index contributed by atoms with van der Waals surface area (Å²) in [7, 11) is 4.91. The molecule has 0 amide bonds. The maximum absolute atomic E-state index is 10.1. The molecule has 42 nitrogen and oxygen atoms in total. The zero-order chi connectivity index (χ0) is 98.1. The first-order chi connectivity index (χ1) is 66.6. The van der Waals surface area contributed by atoms with E-state index >= 15 is 0 Å². The molecular formula is C95H142N24O18. The first kappa shape index (κ1) is 109. The van der Waals surface area contributed by atoms with Crippen molar-refractivity contribution >= 4 is 0 Å². The van der Waals surface area contributed by atoms with Crippen LogP contribution in [-0.4, -0.2) is 244 Å². The van der Waals surface area contributed by atoms with Crippen LogP contribution in [0.5, 0.6) is 51.7 Å². The fourth-order valence-electron chi connectivity index (χ4n) is 17.3. The molecule has 3 atom stereocenters. The Balaban J connectivity index is 0.000000159. The fourth-order valence-corrected chi connectivity index (χ4v) is 17.3. The Kier molecular flexibility index (Phi) is 45.4. The molecule has 0 spiro atoms. The lowest BCUT2D eigenvalue weighted by Gasteiger charge is -2.18. The molecule has 9 aliphatic rings. The first-order valence-electron chi connectivity index (χ1n) is 46.6. The Hall–Kier alpha value is -10.4. The lowest BCUT2D eigenvalue weighted by Crippen LogP contribution is -2.23. The number of ether oxygens (including phenoxy) is 5. The number of nitrogens with one attached hydrogen (secondary N) is 15. The number of aliphatic hydroxyl groups excluding tert-OH is 4. The number of aromatic hydroxyl groups is 9. The summed E-state index contributed by atoms with van der Waals surface area (Å²) < 4.78 is 26.1. The molecule has 18 heterocycles. The average molecular weight is 1910 g/mol. The van der Waals surface area contributed by atoms with Crippen LogP contribution in [0.1, 0.15) is 230 Å². The predicted octanol–water partition coefficient (Wildman–Crippen LogP) is 4.22. The summed E-state index contributed by atoms with van der Waals surface area (Å²) in [5.74, 6) is 1.87. The van der Waals surface area contributed by atoms with Crippen LogP contribution in [0, 0.1) is 27.7 Å². The Bertz CT molecular complexity index is 4940. The molecule has 9 aromatic heterocycles. The maximum atomic E-state index is 10.1. The highest BCUT2D eigenvalue weighted by Crippen LogP contribution is 2.39. The van der Waals surface area contributed by atoms with Crippen LogP contribution in [0.15, 0.2) is 86.8 Å². The molecule has 28 N–H and O–H groups in total. The molecule has 750 valence electrons. The smallest absolute Gasteiger partial charge is 0.143 e. The van der Waals surface area contributed by atoms with Gasteiger partial charge in [0.1, 0.15) is 51.7 Å². The number of aryl methyl sites for hydroxylation is 4. The lowest BCUT2D eigenvalue weighted by molar-refractivity contribution is 0.132. The molecule has 9 saturated heterocycles. The van der Waals surface area contributed by atoms with Crippen LogP contribution in [0.3, 0.4) is 0 Å². The van der Waals surface area contributed by atoms with Gasteiger partial charge in [-0.25, -0.2) is 0 Å². The quantitative estimate of drug-likeness (QED) is 0.0381. The molecule has 9 aliphatic heterocycles. The summed E-state index contributed by atoms with van der Waals surface area (Å²) in [5, 5.41) is 174. The van der Waals surface area contributed by atoms with E-state index in [2.05, 4.69) is 125 Å². The highest BCUT2D eigenvalue weighted by molar-refractivity contribution is 5.48. The van der Waals surface area contributed by atoms with Crippen molar-refractivity contribution in [2.24, 2.45) is 0 Å². The van der Waals surface area contributed by atoms with Gasteiger partial charge >= 0.3 is 0 Å². The molecule has 0 aromatic carbocycles. The van der Waals surface area contributed by atoms with E-state index in [0.29, 0.717) is 96.8 Å². The van der Waals surface area contributed by atoms with Crippen LogP contribution in [0.4, 0.5) is 0 Å². The second kappa shape index (κ2) is 57.2. The molecular weight excluding hydrogens is 1770 g/mol. The van der Waals surface area contributed by atoms with Gasteiger partial charge in [-0.2, -0.15) is 0 Å². The van der Waals surface area contributed by atoms with Gasteiger partial charge in [0.2, 0.25) is 0 Å². The van der Waals surface area contributed by atoms with E-state index < -0.39 is 0 Å². The normalized spacial score (nSPS) is 18.3. The first-order valence-corrected chi connectivity index (χ1v) is 46.6.